The van der Waals surface area contributed by atoms with Crippen molar-refractivity contribution in [2.24, 2.45) is 55.1 Å². The number of aliphatic imine (C=N–C) groups is 3. The predicted molar refractivity (Wildman–Crippen MR) is 290 cm³/mol. The highest BCUT2D eigenvalue weighted by atomic mass is 32.1. The number of H-pyrrole nitrogens is 1. The lowest BCUT2D eigenvalue weighted by Gasteiger charge is -2.27. The summed E-state index contributed by atoms with van der Waals surface area (Å²) in [4.78, 5) is 123. The molecule has 7 atom stereocenters. The molecule has 23 N–H and O–H groups in total. The molecular formula is C46H70N18O9S2. The number of carboxylic acids is 1. The van der Waals surface area contributed by atoms with Gasteiger partial charge in [0.05, 0.1) is 12.6 Å². The van der Waals surface area contributed by atoms with Gasteiger partial charge in [-0.25, -0.2) is 4.79 Å². The number of nitrogens with two attached hydrogens (primary N) is 7. The van der Waals surface area contributed by atoms with Crippen molar-refractivity contribution in [1.82, 2.24) is 42.2 Å². The van der Waals surface area contributed by atoms with Crippen LogP contribution in [0.25, 0.3) is 10.9 Å². The summed E-state index contributed by atoms with van der Waals surface area (Å²) in [6.07, 6.45) is 2.17. The Morgan fingerprint density at radius 3 is 1.52 bits per heavy atom. The molecule has 0 saturated heterocycles. The fourth-order valence-corrected chi connectivity index (χ4v) is 7.77. The summed E-state index contributed by atoms with van der Waals surface area (Å²) in [5.41, 5.74) is 40.6. The van der Waals surface area contributed by atoms with Crippen LogP contribution in [0.1, 0.15) is 49.7 Å². The van der Waals surface area contributed by atoms with E-state index in [4.69, 9.17) is 40.1 Å². The van der Waals surface area contributed by atoms with Crippen LogP contribution in [0.2, 0.25) is 0 Å². The van der Waals surface area contributed by atoms with Gasteiger partial charge in [-0.3, -0.25) is 48.5 Å². The molecule has 7 amide bonds. The largest absolute Gasteiger partial charge is 0.480 e. The van der Waals surface area contributed by atoms with Crippen LogP contribution in [0.5, 0.6) is 0 Å². The van der Waals surface area contributed by atoms with Crippen LogP contribution in [0.3, 0.4) is 0 Å². The lowest BCUT2D eigenvalue weighted by molar-refractivity contribution is -0.141. The maximum absolute atomic E-state index is 14.5. The van der Waals surface area contributed by atoms with Gasteiger partial charge in [0.2, 0.25) is 41.4 Å². The summed E-state index contributed by atoms with van der Waals surface area (Å²) in [6, 6.07) is 6.67. The van der Waals surface area contributed by atoms with Crippen molar-refractivity contribution >= 4 is 101 Å². The average molecular weight is 1080 g/mol. The highest BCUT2D eigenvalue weighted by Gasteiger charge is 2.33. The Bertz CT molecular complexity index is 2480. The van der Waals surface area contributed by atoms with Crippen LogP contribution in [-0.4, -0.2) is 155 Å². The minimum absolute atomic E-state index is 0.0379. The zero-order chi connectivity index (χ0) is 55.5. The second-order valence-corrected chi connectivity index (χ2v) is 17.8. The van der Waals surface area contributed by atoms with Gasteiger partial charge in [-0.05, 0) is 55.7 Å². The number of carbonyl (C=O) groups is 8. The van der Waals surface area contributed by atoms with Crippen molar-refractivity contribution < 1.29 is 43.5 Å². The number of para-hydroxylation sites is 1. The number of carboxylic acid groups (broad SMARTS) is 1. The topological polar surface area (TPSA) is 476 Å². The molecule has 27 nitrogen and oxygen atoms in total. The third-order valence-corrected chi connectivity index (χ3v) is 11.9. The molecule has 410 valence electrons. The summed E-state index contributed by atoms with van der Waals surface area (Å²) < 4.78 is 0. The van der Waals surface area contributed by atoms with E-state index in [1.807, 2.05) is 12.1 Å². The van der Waals surface area contributed by atoms with Gasteiger partial charge in [-0.2, -0.15) is 25.3 Å². The van der Waals surface area contributed by atoms with Gasteiger partial charge in [0.1, 0.15) is 36.3 Å². The highest BCUT2D eigenvalue weighted by Crippen LogP contribution is 2.20. The molecule has 0 bridgehead atoms. The average Bonchev–Trinajstić information content (AvgIpc) is 3.78. The molecule has 3 aromatic rings. The molecule has 0 aliphatic heterocycles. The number of aromatic amines is 1. The molecule has 0 radical (unpaired) electrons. The number of benzene rings is 2. The van der Waals surface area contributed by atoms with E-state index in [0.717, 1.165) is 10.9 Å². The fourth-order valence-electron chi connectivity index (χ4n) is 7.27. The van der Waals surface area contributed by atoms with Crippen molar-refractivity contribution in [3.05, 3.63) is 71.9 Å². The molecule has 75 heavy (non-hydrogen) atoms. The molecule has 1 heterocycles. The normalized spacial score (nSPS) is 13.6. The Labute approximate surface area is 443 Å². The monoisotopic (exact) mass is 1080 g/mol. The van der Waals surface area contributed by atoms with Gasteiger partial charge in [0, 0.05) is 61.1 Å². The molecule has 0 fully saturated rings. The van der Waals surface area contributed by atoms with Crippen LogP contribution in [0.4, 0.5) is 0 Å². The zero-order valence-electron chi connectivity index (χ0n) is 41.2. The number of nitrogens with zero attached hydrogens (tertiary/aromatic N) is 3. The number of aliphatic carboxylic acids is 1. The Balaban J connectivity index is 1.89. The van der Waals surface area contributed by atoms with Crippen LogP contribution in [0.15, 0.2) is 75.8 Å². The first kappa shape index (κ1) is 61.5. The molecule has 0 spiro atoms. The van der Waals surface area contributed by atoms with Crippen LogP contribution >= 0.6 is 25.3 Å². The van der Waals surface area contributed by atoms with Crippen molar-refractivity contribution in [1.29, 1.82) is 0 Å². The number of carbonyl (C=O) groups excluding carboxylic acids is 7. The van der Waals surface area contributed by atoms with Gasteiger partial charge >= 0.3 is 5.97 Å². The second kappa shape index (κ2) is 32.4. The van der Waals surface area contributed by atoms with E-state index in [2.05, 4.69) is 82.4 Å². The number of rotatable bonds is 33. The number of amides is 7. The number of fused-ring (bicyclic) bond motifs is 1. The number of aromatic nitrogens is 1. The Morgan fingerprint density at radius 1 is 0.533 bits per heavy atom. The summed E-state index contributed by atoms with van der Waals surface area (Å²) in [6.45, 7) is -0.333. The van der Waals surface area contributed by atoms with E-state index >= 15 is 0 Å². The van der Waals surface area contributed by atoms with E-state index in [-0.39, 0.29) is 94.0 Å². The van der Waals surface area contributed by atoms with Crippen molar-refractivity contribution in [3.63, 3.8) is 0 Å². The third kappa shape index (κ3) is 22.5. The van der Waals surface area contributed by atoms with Crippen LogP contribution < -0.4 is 77.4 Å². The first-order chi connectivity index (χ1) is 35.7. The molecular weight excluding hydrogens is 1010 g/mol. The maximum atomic E-state index is 14.5. The van der Waals surface area contributed by atoms with E-state index < -0.39 is 96.2 Å². The SMILES string of the molecule is NC(N)=NCCC[C@H](NC(=O)CNC(=O)[C@H](CS)NC(=O)[C@@H](N)CCCN=C(N)N)C(=O)N[C@H](Cc1ccccc1)C(=O)N[C@@H](CCCN=C(N)N)C(=O)N[C@@H](Cc1c[nH]c2ccccc12)C(=O)N[C@@H](CS)C(=O)O. The maximum Gasteiger partial charge on any atom is 0.327 e. The van der Waals surface area contributed by atoms with Crippen molar-refractivity contribution in [2.45, 2.75) is 93.7 Å². The number of thiol groups is 2. The number of hydrogen-bond acceptors (Lipinski definition) is 14. The standard InChI is InChI=1S/C46H70N18O9S2/c47-28(12-6-16-54-44(48)49)37(66)63-34(23-74)38(67)58-22-36(65)59-30(14-7-17-55-45(50)51)39(68)61-32(19-25-9-2-1-3-10-25)41(70)60-31(15-8-18-56-46(52)53)40(69)62-33(42(71)64-35(24-75)43(72)73)20-26-21-57-29-13-5-4-11-27(26)29/h1-5,9-11,13,21,28,30-35,57,74-75H,6-8,12,14-20,22-24,47H2,(H,58,67)(H,59,65)(H,60,70)(H,61,68)(H,62,69)(H,63,66)(H,64,71)(H,72,73)(H4,48,49,54)(H4,50,51,55)(H4,52,53,56)/t28-,30-,31-,32+,33-,34-,35-/m0/s1. The number of hydrogen-bond donors (Lipinski definition) is 18. The Morgan fingerprint density at radius 2 is 0.987 bits per heavy atom. The molecule has 1 aromatic heterocycles. The summed E-state index contributed by atoms with van der Waals surface area (Å²) in [7, 11) is 0. The molecule has 29 heteroatoms. The lowest BCUT2D eigenvalue weighted by atomic mass is 10.0. The molecule has 0 aliphatic carbocycles. The fraction of sp³-hybridized carbons (Fsp3) is 0.457. The van der Waals surface area contributed by atoms with E-state index in [1.165, 1.54) is 0 Å². The Hall–Kier alpha value is -7.79. The molecule has 3 rings (SSSR count). The minimum Gasteiger partial charge on any atom is -0.480 e. The van der Waals surface area contributed by atoms with Crippen LogP contribution in [-0.2, 0) is 51.2 Å². The van der Waals surface area contributed by atoms with Crippen molar-refractivity contribution in [2.75, 3.05) is 37.7 Å². The quantitative estimate of drug-likeness (QED) is 0.0118. The van der Waals surface area contributed by atoms with Crippen molar-refractivity contribution in [3.8, 4) is 0 Å². The summed E-state index contributed by atoms with van der Waals surface area (Å²) in [5, 5.41) is 28.4. The first-order valence-corrected chi connectivity index (χ1v) is 25.0. The second-order valence-electron chi connectivity index (χ2n) is 17.1. The summed E-state index contributed by atoms with van der Waals surface area (Å²) in [5.74, 6) is -7.97. The molecule has 2 aromatic carbocycles. The predicted octanol–water partition coefficient (Wildman–Crippen LogP) is -4.59. The van der Waals surface area contributed by atoms with Gasteiger partial charge < -0.3 is 87.4 Å². The molecule has 0 unspecified atom stereocenters. The van der Waals surface area contributed by atoms with Gasteiger partial charge in [-0.1, -0.05) is 48.5 Å². The first-order valence-electron chi connectivity index (χ1n) is 23.8. The zero-order valence-corrected chi connectivity index (χ0v) is 43.0. The molecule has 0 saturated carbocycles. The summed E-state index contributed by atoms with van der Waals surface area (Å²) >= 11 is 8.22. The minimum atomic E-state index is -1.41. The van der Waals surface area contributed by atoms with Crippen LogP contribution in [0, 0.1) is 0 Å². The van der Waals surface area contributed by atoms with Gasteiger partial charge in [0.15, 0.2) is 17.9 Å². The Kier molecular flexibility index (Phi) is 26.6. The smallest absolute Gasteiger partial charge is 0.327 e. The number of guanidine groups is 3. The van der Waals surface area contributed by atoms with Gasteiger partial charge in [-0.15, -0.1) is 0 Å². The van der Waals surface area contributed by atoms with E-state index in [9.17, 15) is 43.5 Å². The van der Waals surface area contributed by atoms with E-state index in [0.29, 0.717) is 17.5 Å². The number of nitrogens with one attached hydrogen (secondary N) is 8. The third-order valence-electron chi connectivity index (χ3n) is 11.2. The molecule has 0 aliphatic rings. The van der Waals surface area contributed by atoms with E-state index in [1.54, 1.807) is 48.7 Å². The van der Waals surface area contributed by atoms with Gasteiger partial charge in [0.25, 0.3) is 0 Å². The highest BCUT2D eigenvalue weighted by molar-refractivity contribution is 7.80. The lowest BCUT2D eigenvalue weighted by Crippen LogP contribution is -2.60.